The summed E-state index contributed by atoms with van der Waals surface area (Å²) in [5.41, 5.74) is 3.64. The van der Waals surface area contributed by atoms with Crippen LogP contribution in [0.1, 0.15) is 22.7 Å². The van der Waals surface area contributed by atoms with Gasteiger partial charge in [0.15, 0.2) is 0 Å². The van der Waals surface area contributed by atoms with Crippen molar-refractivity contribution in [2.45, 2.75) is 19.4 Å². The number of rotatable bonds is 4. The van der Waals surface area contributed by atoms with Crippen molar-refractivity contribution in [1.29, 1.82) is 0 Å². The lowest BCUT2D eigenvalue weighted by atomic mass is 9.98. The zero-order valence-electron chi connectivity index (χ0n) is 11.4. The molecule has 1 atom stereocenters. The minimum Gasteiger partial charge on any atom is -0.313 e. The molecule has 0 bridgehead atoms. The van der Waals surface area contributed by atoms with E-state index in [-0.39, 0.29) is 6.04 Å². The largest absolute Gasteiger partial charge is 0.313 e. The Labute approximate surface area is 142 Å². The third kappa shape index (κ3) is 3.85. The van der Waals surface area contributed by atoms with Gasteiger partial charge in [0, 0.05) is 20.0 Å². The van der Waals surface area contributed by atoms with Crippen LogP contribution in [0.3, 0.4) is 0 Å². The van der Waals surface area contributed by atoms with Crippen LogP contribution in [-0.2, 0) is 6.42 Å². The van der Waals surface area contributed by atoms with E-state index in [9.17, 15) is 0 Å². The summed E-state index contributed by atoms with van der Waals surface area (Å²) < 4.78 is 2.13. The van der Waals surface area contributed by atoms with Gasteiger partial charge in [-0.1, -0.05) is 61.7 Å². The molecular weight excluding hydrogens is 401 g/mol. The first-order valence-electron chi connectivity index (χ1n) is 6.38. The summed E-state index contributed by atoms with van der Waals surface area (Å²) in [5.74, 6) is 0. The van der Waals surface area contributed by atoms with Gasteiger partial charge in [-0.15, -0.1) is 0 Å². The van der Waals surface area contributed by atoms with Gasteiger partial charge in [0.25, 0.3) is 0 Å². The summed E-state index contributed by atoms with van der Waals surface area (Å²) in [7, 11) is 1.98. The first-order valence-corrected chi connectivity index (χ1v) is 8.35. The number of hydrogen-bond donors (Lipinski definition) is 1. The maximum absolute atomic E-state index is 6.31. The van der Waals surface area contributed by atoms with Gasteiger partial charge in [-0.3, -0.25) is 0 Å². The fraction of sp³-hybridized carbons (Fsp3) is 0.250. The molecule has 2 aromatic carbocycles. The van der Waals surface area contributed by atoms with Crippen LogP contribution in [0.15, 0.2) is 45.3 Å². The summed E-state index contributed by atoms with van der Waals surface area (Å²) in [6.45, 7) is 2.09. The molecule has 0 radical (unpaired) electrons. The highest BCUT2D eigenvalue weighted by atomic mass is 79.9. The van der Waals surface area contributed by atoms with Gasteiger partial charge >= 0.3 is 0 Å². The summed E-state index contributed by atoms with van der Waals surface area (Å²) in [4.78, 5) is 0. The van der Waals surface area contributed by atoms with Crippen LogP contribution in [0.2, 0.25) is 5.02 Å². The maximum Gasteiger partial charge on any atom is 0.0449 e. The van der Waals surface area contributed by atoms with E-state index in [4.69, 9.17) is 11.6 Å². The lowest BCUT2D eigenvalue weighted by molar-refractivity contribution is 0.589. The Bertz CT molecular complexity index is 613. The smallest absolute Gasteiger partial charge is 0.0449 e. The second-order valence-corrected chi connectivity index (χ2v) is 6.98. The van der Waals surface area contributed by atoms with Gasteiger partial charge in [-0.25, -0.2) is 0 Å². The molecule has 0 fully saturated rings. The topological polar surface area (TPSA) is 12.0 Å². The van der Waals surface area contributed by atoms with E-state index in [1.165, 1.54) is 11.1 Å². The van der Waals surface area contributed by atoms with Crippen molar-refractivity contribution in [1.82, 2.24) is 5.32 Å². The van der Waals surface area contributed by atoms with Gasteiger partial charge < -0.3 is 5.32 Å². The molecule has 0 aromatic heterocycles. The molecule has 20 heavy (non-hydrogen) atoms. The number of aryl methyl sites for hydroxylation is 1. The zero-order chi connectivity index (χ0) is 14.7. The van der Waals surface area contributed by atoms with Crippen molar-refractivity contribution in [3.8, 4) is 0 Å². The molecule has 0 aliphatic carbocycles. The van der Waals surface area contributed by atoms with Crippen LogP contribution >= 0.6 is 43.5 Å². The van der Waals surface area contributed by atoms with Crippen molar-refractivity contribution >= 4 is 43.5 Å². The van der Waals surface area contributed by atoms with Crippen LogP contribution in [-0.4, -0.2) is 7.05 Å². The van der Waals surface area contributed by atoms with Crippen molar-refractivity contribution < 1.29 is 0 Å². The first kappa shape index (κ1) is 16.0. The second kappa shape index (κ2) is 7.08. The van der Waals surface area contributed by atoms with Crippen molar-refractivity contribution in [3.05, 3.63) is 67.1 Å². The van der Waals surface area contributed by atoms with Gasteiger partial charge in [0.1, 0.15) is 0 Å². The standard InChI is InChI=1S/C16H16Br2ClN/c1-10-3-6-13(14(18)7-10)16(20-2)8-11-4-5-12(17)9-15(11)19/h3-7,9,16,20H,8H2,1-2H3. The molecule has 0 saturated carbocycles. The molecule has 2 aromatic rings. The molecule has 4 heteroatoms. The number of hydrogen-bond acceptors (Lipinski definition) is 1. The molecule has 1 unspecified atom stereocenters. The fourth-order valence-electron chi connectivity index (χ4n) is 2.19. The highest BCUT2D eigenvalue weighted by molar-refractivity contribution is 9.10. The molecule has 0 saturated heterocycles. The van der Waals surface area contributed by atoms with E-state index in [1.807, 2.05) is 19.2 Å². The molecule has 106 valence electrons. The van der Waals surface area contributed by atoms with Crippen LogP contribution in [0.4, 0.5) is 0 Å². The summed E-state index contributed by atoms with van der Waals surface area (Å²) >= 11 is 13.4. The molecule has 0 aliphatic heterocycles. The number of benzene rings is 2. The minimum absolute atomic E-state index is 0.226. The fourth-order valence-corrected chi connectivity index (χ4v) is 3.71. The lowest BCUT2D eigenvalue weighted by Crippen LogP contribution is -2.19. The van der Waals surface area contributed by atoms with Gasteiger partial charge in [-0.05, 0) is 55.3 Å². The van der Waals surface area contributed by atoms with Gasteiger partial charge in [0.05, 0.1) is 0 Å². The monoisotopic (exact) mass is 415 g/mol. The highest BCUT2D eigenvalue weighted by Gasteiger charge is 2.15. The van der Waals surface area contributed by atoms with E-state index in [2.05, 4.69) is 68.4 Å². The molecule has 1 N–H and O–H groups in total. The quantitative estimate of drug-likeness (QED) is 0.675. The van der Waals surface area contributed by atoms with Crippen molar-refractivity contribution in [3.63, 3.8) is 0 Å². The molecule has 0 spiro atoms. The van der Waals surface area contributed by atoms with Crippen LogP contribution in [0.5, 0.6) is 0 Å². The van der Waals surface area contributed by atoms with Crippen molar-refractivity contribution in [2.75, 3.05) is 7.05 Å². The lowest BCUT2D eigenvalue weighted by Gasteiger charge is -2.19. The zero-order valence-corrected chi connectivity index (χ0v) is 15.3. The highest BCUT2D eigenvalue weighted by Crippen LogP contribution is 2.30. The molecule has 1 nitrogen and oxygen atoms in total. The predicted octanol–water partition coefficient (Wildman–Crippen LogP) is 5.68. The third-order valence-corrected chi connectivity index (χ3v) is 4.85. The van der Waals surface area contributed by atoms with E-state index >= 15 is 0 Å². The van der Waals surface area contributed by atoms with E-state index in [0.717, 1.165) is 26.0 Å². The van der Waals surface area contributed by atoms with Crippen LogP contribution in [0.25, 0.3) is 0 Å². The molecular formula is C16H16Br2ClN. The van der Waals surface area contributed by atoms with Crippen molar-refractivity contribution in [2.24, 2.45) is 0 Å². The molecule has 0 amide bonds. The average Bonchev–Trinajstić information content (AvgIpc) is 2.39. The number of halogens is 3. The summed E-state index contributed by atoms with van der Waals surface area (Å²) in [6.07, 6.45) is 0.851. The predicted molar refractivity (Wildman–Crippen MR) is 93.5 cm³/mol. The Morgan fingerprint density at radius 2 is 1.90 bits per heavy atom. The average molecular weight is 418 g/mol. The normalized spacial score (nSPS) is 12.4. The molecule has 0 aliphatic rings. The Hall–Kier alpha value is -0.350. The summed E-state index contributed by atoms with van der Waals surface area (Å²) in [5, 5.41) is 4.16. The Balaban J connectivity index is 2.28. The van der Waals surface area contributed by atoms with E-state index in [1.54, 1.807) is 0 Å². The number of likely N-dealkylation sites (N-methyl/N-ethyl adjacent to an activating group) is 1. The third-order valence-electron chi connectivity index (χ3n) is 3.32. The summed E-state index contributed by atoms with van der Waals surface area (Å²) in [6, 6.07) is 12.7. The van der Waals surface area contributed by atoms with Gasteiger partial charge in [-0.2, -0.15) is 0 Å². The first-order chi connectivity index (χ1) is 9.51. The molecule has 0 heterocycles. The van der Waals surface area contributed by atoms with E-state index in [0.29, 0.717) is 0 Å². The van der Waals surface area contributed by atoms with Gasteiger partial charge in [0.2, 0.25) is 0 Å². The van der Waals surface area contributed by atoms with Crippen LogP contribution in [0, 0.1) is 6.92 Å². The Morgan fingerprint density at radius 3 is 2.50 bits per heavy atom. The minimum atomic E-state index is 0.226. The maximum atomic E-state index is 6.31. The second-order valence-electron chi connectivity index (χ2n) is 4.81. The van der Waals surface area contributed by atoms with Crippen LogP contribution < -0.4 is 5.32 Å². The molecule has 2 rings (SSSR count). The number of nitrogens with one attached hydrogen (secondary N) is 1. The van der Waals surface area contributed by atoms with E-state index < -0.39 is 0 Å². The SMILES string of the molecule is CNC(Cc1ccc(Br)cc1Cl)c1ccc(C)cc1Br. The Morgan fingerprint density at radius 1 is 1.15 bits per heavy atom. The Kier molecular flexibility index (Phi) is 5.67.